The number of hydrogen-bond donors (Lipinski definition) is 2. The van der Waals surface area contributed by atoms with Crippen LogP contribution in [-0.2, 0) is 4.84 Å². The van der Waals surface area contributed by atoms with Gasteiger partial charge in [0.15, 0.2) is 11.6 Å². The molecule has 0 aliphatic heterocycles. The number of hydroxylamine groups is 1. The molecule has 1 amide bonds. The average Bonchev–Trinajstić information content (AvgIpc) is 2.51. The van der Waals surface area contributed by atoms with Crippen LogP contribution in [0.15, 0.2) is 24.4 Å². The van der Waals surface area contributed by atoms with E-state index in [4.69, 9.17) is 16.4 Å². The second kappa shape index (κ2) is 7.33. The van der Waals surface area contributed by atoms with Gasteiger partial charge in [-0.1, -0.05) is 11.6 Å². The molecule has 1 aromatic heterocycles. The van der Waals surface area contributed by atoms with Crippen molar-refractivity contribution in [2.24, 2.45) is 0 Å². The molecule has 134 valence electrons. The summed E-state index contributed by atoms with van der Waals surface area (Å²) >= 11 is 5.84. The maximum Gasteiger partial charge on any atom is 0.277 e. The molecule has 0 saturated heterocycles. The van der Waals surface area contributed by atoms with Crippen LogP contribution in [0.25, 0.3) is 0 Å². The van der Waals surface area contributed by atoms with E-state index in [1.807, 2.05) is 0 Å². The molecule has 25 heavy (non-hydrogen) atoms. The highest BCUT2D eigenvalue weighted by Crippen LogP contribution is 2.28. The number of benzene rings is 1. The third-order valence-electron chi connectivity index (χ3n) is 3.08. The number of nitrogens with zero attached hydrogens (tertiary/aromatic N) is 1. The summed E-state index contributed by atoms with van der Waals surface area (Å²) in [6, 6.07) is 3.64. The standard InChI is InChI=1S/C17H18ClF2N3O2/c1-9-7-10(18)8-21-15(9)22-14-11(5-6-12(19)13(14)20)16(24)23-25-17(2,3)4/h5-8H,1-4H3,(H,21,22)(H,23,24). The molecule has 0 unspecified atom stereocenters. The number of carbonyl (C=O) groups is 1. The molecule has 0 fully saturated rings. The molecule has 2 aromatic rings. The molecule has 5 nitrogen and oxygen atoms in total. The number of rotatable bonds is 4. The van der Waals surface area contributed by atoms with E-state index in [2.05, 4.69) is 15.8 Å². The molecule has 0 aliphatic rings. The van der Waals surface area contributed by atoms with E-state index in [-0.39, 0.29) is 17.1 Å². The average molecular weight is 370 g/mol. The number of aryl methyl sites for hydroxylation is 1. The maximum atomic E-state index is 14.3. The van der Waals surface area contributed by atoms with Crippen LogP contribution in [-0.4, -0.2) is 16.5 Å². The molecule has 0 radical (unpaired) electrons. The van der Waals surface area contributed by atoms with Crippen LogP contribution in [0, 0.1) is 18.6 Å². The molecule has 0 saturated carbocycles. The highest BCUT2D eigenvalue weighted by Gasteiger charge is 2.21. The van der Waals surface area contributed by atoms with Crippen molar-refractivity contribution in [3.63, 3.8) is 0 Å². The molecular weight excluding hydrogens is 352 g/mol. The van der Waals surface area contributed by atoms with Gasteiger partial charge in [-0.3, -0.25) is 9.63 Å². The van der Waals surface area contributed by atoms with Gasteiger partial charge in [0.05, 0.1) is 21.9 Å². The Balaban J connectivity index is 2.38. The molecule has 0 aliphatic carbocycles. The number of pyridine rings is 1. The van der Waals surface area contributed by atoms with Crippen LogP contribution in [0.4, 0.5) is 20.3 Å². The van der Waals surface area contributed by atoms with Gasteiger partial charge < -0.3 is 5.32 Å². The number of carbonyl (C=O) groups excluding carboxylic acids is 1. The van der Waals surface area contributed by atoms with Crippen LogP contribution >= 0.6 is 11.6 Å². The molecule has 0 spiro atoms. The largest absolute Gasteiger partial charge is 0.337 e. The van der Waals surface area contributed by atoms with Gasteiger partial charge in [0.2, 0.25) is 0 Å². The van der Waals surface area contributed by atoms with Gasteiger partial charge in [-0.25, -0.2) is 19.2 Å². The number of hydrogen-bond acceptors (Lipinski definition) is 4. The highest BCUT2D eigenvalue weighted by molar-refractivity contribution is 6.30. The zero-order valence-corrected chi connectivity index (χ0v) is 15.0. The summed E-state index contributed by atoms with van der Waals surface area (Å²) in [5.41, 5.74) is 1.72. The summed E-state index contributed by atoms with van der Waals surface area (Å²) in [4.78, 5) is 21.5. The predicted octanol–water partition coefficient (Wildman–Crippen LogP) is 4.53. The van der Waals surface area contributed by atoms with Gasteiger partial charge in [-0.05, 0) is 51.5 Å². The third kappa shape index (κ3) is 4.87. The highest BCUT2D eigenvalue weighted by atomic mass is 35.5. The van der Waals surface area contributed by atoms with E-state index in [1.165, 1.54) is 6.20 Å². The summed E-state index contributed by atoms with van der Waals surface area (Å²) in [5, 5.41) is 3.06. The van der Waals surface area contributed by atoms with Gasteiger partial charge in [-0.2, -0.15) is 0 Å². The summed E-state index contributed by atoms with van der Waals surface area (Å²) in [5.74, 6) is -2.76. The first kappa shape index (κ1) is 19.1. The van der Waals surface area contributed by atoms with E-state index >= 15 is 0 Å². The lowest BCUT2D eigenvalue weighted by molar-refractivity contribution is -0.0589. The van der Waals surface area contributed by atoms with Crippen molar-refractivity contribution in [2.75, 3.05) is 5.32 Å². The van der Waals surface area contributed by atoms with Crippen LogP contribution in [0.5, 0.6) is 0 Å². The maximum absolute atomic E-state index is 14.3. The Morgan fingerprint density at radius 1 is 1.28 bits per heavy atom. The van der Waals surface area contributed by atoms with Crippen molar-refractivity contribution in [1.82, 2.24) is 10.5 Å². The lowest BCUT2D eigenvalue weighted by Gasteiger charge is -2.20. The van der Waals surface area contributed by atoms with Gasteiger partial charge in [0.25, 0.3) is 5.91 Å². The fourth-order valence-electron chi connectivity index (χ4n) is 1.91. The van der Waals surface area contributed by atoms with Gasteiger partial charge in [0, 0.05) is 6.20 Å². The van der Waals surface area contributed by atoms with Gasteiger partial charge in [0.1, 0.15) is 5.82 Å². The Morgan fingerprint density at radius 3 is 2.56 bits per heavy atom. The Labute approximate surface area is 149 Å². The molecule has 2 N–H and O–H groups in total. The smallest absolute Gasteiger partial charge is 0.277 e. The topological polar surface area (TPSA) is 63.2 Å². The summed E-state index contributed by atoms with van der Waals surface area (Å²) in [6.45, 7) is 6.90. The van der Waals surface area contributed by atoms with E-state index < -0.39 is 23.1 Å². The number of amides is 1. The van der Waals surface area contributed by atoms with Crippen LogP contribution in [0.2, 0.25) is 5.02 Å². The van der Waals surface area contributed by atoms with Gasteiger partial charge in [-0.15, -0.1) is 0 Å². The van der Waals surface area contributed by atoms with E-state index in [9.17, 15) is 13.6 Å². The van der Waals surface area contributed by atoms with Crippen molar-refractivity contribution >= 4 is 29.0 Å². The first-order chi connectivity index (χ1) is 11.6. The molecule has 0 atom stereocenters. The number of anilines is 2. The first-order valence-electron chi connectivity index (χ1n) is 7.44. The molecule has 8 heteroatoms. The van der Waals surface area contributed by atoms with Crippen LogP contribution in [0.1, 0.15) is 36.7 Å². The Bertz CT molecular complexity index is 807. The summed E-state index contributed by atoms with van der Waals surface area (Å²) in [6.07, 6.45) is 1.36. The molecule has 1 heterocycles. The van der Waals surface area contributed by atoms with Crippen molar-refractivity contribution in [3.8, 4) is 0 Å². The third-order valence-corrected chi connectivity index (χ3v) is 3.28. The van der Waals surface area contributed by atoms with E-state index in [1.54, 1.807) is 33.8 Å². The van der Waals surface area contributed by atoms with E-state index in [0.29, 0.717) is 10.6 Å². The SMILES string of the molecule is Cc1cc(Cl)cnc1Nc1c(C(=O)NOC(C)(C)C)ccc(F)c1F. The Kier molecular flexibility index (Phi) is 5.59. The van der Waals surface area contributed by atoms with Crippen molar-refractivity contribution in [2.45, 2.75) is 33.3 Å². The second-order valence-electron chi connectivity index (χ2n) is 6.37. The monoisotopic (exact) mass is 369 g/mol. The second-order valence-corrected chi connectivity index (χ2v) is 6.81. The van der Waals surface area contributed by atoms with E-state index in [0.717, 1.165) is 12.1 Å². The van der Waals surface area contributed by atoms with Gasteiger partial charge >= 0.3 is 0 Å². The fraction of sp³-hybridized carbons (Fsp3) is 0.294. The summed E-state index contributed by atoms with van der Waals surface area (Å²) in [7, 11) is 0. The van der Waals surface area contributed by atoms with Crippen molar-refractivity contribution in [3.05, 3.63) is 52.2 Å². The van der Waals surface area contributed by atoms with Crippen molar-refractivity contribution < 1.29 is 18.4 Å². The first-order valence-corrected chi connectivity index (χ1v) is 7.82. The zero-order valence-electron chi connectivity index (χ0n) is 14.2. The minimum absolute atomic E-state index is 0.126. The Hall–Kier alpha value is -2.25. The van der Waals surface area contributed by atoms with Crippen LogP contribution < -0.4 is 10.8 Å². The van der Waals surface area contributed by atoms with Crippen LogP contribution in [0.3, 0.4) is 0 Å². The minimum Gasteiger partial charge on any atom is -0.337 e. The Morgan fingerprint density at radius 2 is 1.96 bits per heavy atom. The predicted molar refractivity (Wildman–Crippen MR) is 91.9 cm³/mol. The fourth-order valence-corrected chi connectivity index (χ4v) is 2.12. The lowest BCUT2D eigenvalue weighted by atomic mass is 10.1. The van der Waals surface area contributed by atoms with Crippen molar-refractivity contribution in [1.29, 1.82) is 0 Å². The molecule has 2 rings (SSSR count). The molecular formula is C17H18ClF2N3O2. The molecule has 0 bridgehead atoms. The molecule has 1 aromatic carbocycles. The lowest BCUT2D eigenvalue weighted by Crippen LogP contribution is -2.34. The number of nitrogens with one attached hydrogen (secondary N) is 2. The number of aromatic nitrogens is 1. The number of halogens is 3. The zero-order chi connectivity index (χ0) is 18.8. The quantitative estimate of drug-likeness (QED) is 0.777. The minimum atomic E-state index is -1.19. The normalized spacial score (nSPS) is 11.3. The summed E-state index contributed by atoms with van der Waals surface area (Å²) < 4.78 is 27.9.